The van der Waals surface area contributed by atoms with Crippen molar-refractivity contribution in [1.82, 2.24) is 0 Å². The summed E-state index contributed by atoms with van der Waals surface area (Å²) in [4.78, 5) is 1.24. The van der Waals surface area contributed by atoms with Crippen LogP contribution in [-0.4, -0.2) is 11.3 Å². The molecule has 0 fully saturated rings. The molecule has 1 aromatic rings. The van der Waals surface area contributed by atoms with Crippen LogP contribution in [0.2, 0.25) is 0 Å². The average Bonchev–Trinajstić information content (AvgIpc) is 2.15. The molecular formula is C12H20N2S. The Morgan fingerprint density at radius 2 is 1.87 bits per heavy atom. The first kappa shape index (κ1) is 12.6. The fourth-order valence-electron chi connectivity index (χ4n) is 1.34. The van der Waals surface area contributed by atoms with E-state index in [1.807, 2.05) is 23.9 Å². The van der Waals surface area contributed by atoms with Gasteiger partial charge in [0.25, 0.3) is 0 Å². The third kappa shape index (κ3) is 3.86. The minimum atomic E-state index is -0.0592. The highest BCUT2D eigenvalue weighted by atomic mass is 32.2. The first-order valence-electron chi connectivity index (χ1n) is 5.17. The van der Waals surface area contributed by atoms with Gasteiger partial charge in [0, 0.05) is 22.2 Å². The molecule has 1 atom stereocenters. The van der Waals surface area contributed by atoms with Crippen LogP contribution >= 0.6 is 11.8 Å². The number of rotatable bonds is 3. The zero-order valence-corrected chi connectivity index (χ0v) is 10.5. The summed E-state index contributed by atoms with van der Waals surface area (Å²) in [7, 11) is 0. The maximum Gasteiger partial charge on any atom is 0.0430 e. The molecule has 1 rings (SSSR count). The van der Waals surface area contributed by atoms with Crippen LogP contribution in [0.3, 0.4) is 0 Å². The summed E-state index contributed by atoms with van der Waals surface area (Å²) < 4.78 is 0.199. The van der Waals surface area contributed by atoms with E-state index in [9.17, 15) is 0 Å². The van der Waals surface area contributed by atoms with Gasteiger partial charge in [-0.2, -0.15) is 0 Å². The van der Waals surface area contributed by atoms with Crippen LogP contribution in [-0.2, 0) is 0 Å². The molecule has 0 aliphatic carbocycles. The van der Waals surface area contributed by atoms with Crippen LogP contribution in [0.4, 0.5) is 0 Å². The summed E-state index contributed by atoms with van der Waals surface area (Å²) in [5.41, 5.74) is 12.7. The Hall–Kier alpha value is -0.510. The van der Waals surface area contributed by atoms with Crippen molar-refractivity contribution in [3.63, 3.8) is 0 Å². The molecule has 0 aliphatic rings. The van der Waals surface area contributed by atoms with Gasteiger partial charge in [-0.25, -0.2) is 0 Å². The number of hydrogen-bond acceptors (Lipinski definition) is 3. The molecule has 0 aliphatic heterocycles. The Kier molecular flexibility index (Phi) is 4.20. The molecule has 0 saturated carbocycles. The fourth-order valence-corrected chi connectivity index (χ4v) is 2.48. The highest BCUT2D eigenvalue weighted by Gasteiger charge is 2.16. The minimum absolute atomic E-state index is 0.0592. The van der Waals surface area contributed by atoms with E-state index in [1.165, 1.54) is 4.90 Å². The molecule has 1 aromatic carbocycles. The van der Waals surface area contributed by atoms with Gasteiger partial charge in [0.2, 0.25) is 0 Å². The Bertz CT molecular complexity index is 318. The van der Waals surface area contributed by atoms with Crippen molar-refractivity contribution in [2.75, 3.05) is 6.54 Å². The van der Waals surface area contributed by atoms with Gasteiger partial charge in [-0.1, -0.05) is 39.0 Å². The van der Waals surface area contributed by atoms with Crippen molar-refractivity contribution in [2.24, 2.45) is 11.5 Å². The number of thioether (sulfide) groups is 1. The van der Waals surface area contributed by atoms with Gasteiger partial charge in [0.15, 0.2) is 0 Å². The molecule has 0 aromatic heterocycles. The predicted molar refractivity (Wildman–Crippen MR) is 68.0 cm³/mol. The number of benzene rings is 1. The second kappa shape index (κ2) is 5.01. The molecule has 0 unspecified atom stereocenters. The van der Waals surface area contributed by atoms with Gasteiger partial charge in [0.05, 0.1) is 0 Å². The van der Waals surface area contributed by atoms with E-state index in [1.54, 1.807) is 0 Å². The molecule has 15 heavy (non-hydrogen) atoms. The second-order valence-corrected chi connectivity index (χ2v) is 6.46. The molecule has 0 amide bonds. The Balaban J connectivity index is 2.96. The van der Waals surface area contributed by atoms with Gasteiger partial charge < -0.3 is 11.5 Å². The molecule has 0 bridgehead atoms. The smallest absolute Gasteiger partial charge is 0.0430 e. The van der Waals surface area contributed by atoms with Gasteiger partial charge >= 0.3 is 0 Å². The van der Waals surface area contributed by atoms with Crippen LogP contribution in [0.5, 0.6) is 0 Å². The van der Waals surface area contributed by atoms with Crippen LogP contribution in [0.15, 0.2) is 29.2 Å². The summed E-state index contributed by atoms with van der Waals surface area (Å²) in [6.07, 6.45) is 0. The summed E-state index contributed by atoms with van der Waals surface area (Å²) in [6.45, 7) is 7.08. The summed E-state index contributed by atoms with van der Waals surface area (Å²) in [5.74, 6) is 0. The topological polar surface area (TPSA) is 52.0 Å². The quantitative estimate of drug-likeness (QED) is 0.776. The molecule has 0 radical (unpaired) electrons. The van der Waals surface area contributed by atoms with E-state index in [0.717, 1.165) is 5.56 Å². The maximum atomic E-state index is 5.98. The van der Waals surface area contributed by atoms with Gasteiger partial charge in [-0.15, -0.1) is 11.8 Å². The molecule has 0 heterocycles. The molecule has 2 nitrogen and oxygen atoms in total. The zero-order chi connectivity index (χ0) is 11.5. The number of nitrogens with two attached hydrogens (primary N) is 2. The van der Waals surface area contributed by atoms with E-state index in [-0.39, 0.29) is 10.8 Å². The van der Waals surface area contributed by atoms with E-state index in [4.69, 9.17) is 11.5 Å². The standard InChI is InChI=1S/C12H20N2S/c1-12(2,3)15-11-7-5-4-6-9(11)10(14)8-13/h4-7,10H,8,13-14H2,1-3H3/t10-/m1/s1. The lowest BCUT2D eigenvalue weighted by atomic mass is 10.1. The zero-order valence-electron chi connectivity index (χ0n) is 9.66. The fraction of sp³-hybridized carbons (Fsp3) is 0.500. The first-order chi connectivity index (χ1) is 6.94. The van der Waals surface area contributed by atoms with Crippen molar-refractivity contribution in [3.8, 4) is 0 Å². The van der Waals surface area contributed by atoms with Crippen LogP contribution in [0, 0.1) is 0 Å². The molecular weight excluding hydrogens is 204 g/mol. The van der Waals surface area contributed by atoms with Crippen LogP contribution in [0.1, 0.15) is 32.4 Å². The molecule has 0 spiro atoms. The lowest BCUT2D eigenvalue weighted by molar-refractivity contribution is 0.719. The average molecular weight is 224 g/mol. The van der Waals surface area contributed by atoms with Crippen LogP contribution in [0.25, 0.3) is 0 Å². The predicted octanol–water partition coefficient (Wildman–Crippen LogP) is 2.54. The van der Waals surface area contributed by atoms with Gasteiger partial charge in [-0.3, -0.25) is 0 Å². The number of hydrogen-bond donors (Lipinski definition) is 2. The Morgan fingerprint density at radius 1 is 1.27 bits per heavy atom. The lowest BCUT2D eigenvalue weighted by Crippen LogP contribution is -2.22. The van der Waals surface area contributed by atoms with Crippen molar-refractivity contribution < 1.29 is 0 Å². The summed E-state index contributed by atoms with van der Waals surface area (Å²) in [6, 6.07) is 8.17. The first-order valence-corrected chi connectivity index (χ1v) is 5.99. The van der Waals surface area contributed by atoms with Crippen molar-refractivity contribution in [3.05, 3.63) is 29.8 Å². The lowest BCUT2D eigenvalue weighted by Gasteiger charge is -2.21. The maximum absolute atomic E-state index is 5.98. The van der Waals surface area contributed by atoms with Crippen molar-refractivity contribution >= 4 is 11.8 Å². The normalized spacial score (nSPS) is 13.9. The minimum Gasteiger partial charge on any atom is -0.329 e. The van der Waals surface area contributed by atoms with E-state index in [0.29, 0.717) is 6.54 Å². The molecule has 4 N–H and O–H groups in total. The van der Waals surface area contributed by atoms with E-state index in [2.05, 4.69) is 32.9 Å². The highest BCUT2D eigenvalue weighted by molar-refractivity contribution is 8.00. The molecule has 3 heteroatoms. The van der Waals surface area contributed by atoms with Crippen molar-refractivity contribution in [1.29, 1.82) is 0 Å². The summed E-state index contributed by atoms with van der Waals surface area (Å²) in [5, 5.41) is 0. The SMILES string of the molecule is CC(C)(C)Sc1ccccc1[C@H](N)CN. The molecule has 84 valence electrons. The highest BCUT2D eigenvalue weighted by Crippen LogP contribution is 2.35. The second-order valence-electron chi connectivity index (χ2n) is 4.59. The van der Waals surface area contributed by atoms with Gasteiger partial charge in [0.1, 0.15) is 0 Å². The Labute approximate surface area is 96.4 Å². The molecule has 0 saturated heterocycles. The summed E-state index contributed by atoms with van der Waals surface area (Å²) >= 11 is 1.84. The largest absolute Gasteiger partial charge is 0.329 e. The Morgan fingerprint density at radius 3 is 2.40 bits per heavy atom. The van der Waals surface area contributed by atoms with Crippen molar-refractivity contribution in [2.45, 2.75) is 36.5 Å². The van der Waals surface area contributed by atoms with Gasteiger partial charge in [-0.05, 0) is 11.6 Å². The van der Waals surface area contributed by atoms with E-state index < -0.39 is 0 Å². The monoisotopic (exact) mass is 224 g/mol. The van der Waals surface area contributed by atoms with E-state index >= 15 is 0 Å². The third-order valence-corrected chi connectivity index (χ3v) is 3.19. The van der Waals surface area contributed by atoms with Crippen LogP contribution < -0.4 is 11.5 Å². The third-order valence-electron chi connectivity index (χ3n) is 1.99.